The Morgan fingerprint density at radius 1 is 1.25 bits per heavy atom. The van der Waals surface area contributed by atoms with Gasteiger partial charge in [0.25, 0.3) is 0 Å². The van der Waals surface area contributed by atoms with Gasteiger partial charge in [-0.3, -0.25) is 0 Å². The van der Waals surface area contributed by atoms with E-state index < -0.39 is 12.0 Å². The van der Waals surface area contributed by atoms with E-state index in [0.29, 0.717) is 23.6 Å². The minimum Gasteiger partial charge on any atom is -0.460 e. The van der Waals surface area contributed by atoms with Crippen LogP contribution in [0.5, 0.6) is 0 Å². The molecular formula is C17H19ClN2O4. The molecule has 0 unspecified atom stereocenters. The monoisotopic (exact) mass is 350 g/mol. The summed E-state index contributed by atoms with van der Waals surface area (Å²) in [5, 5.41) is 5.23. The molecule has 7 heteroatoms. The molecule has 6 nitrogen and oxygen atoms in total. The summed E-state index contributed by atoms with van der Waals surface area (Å²) in [5.74, 6) is -0.451. The van der Waals surface area contributed by atoms with Crippen LogP contribution in [0.1, 0.15) is 10.4 Å². The van der Waals surface area contributed by atoms with Crippen LogP contribution in [0.3, 0.4) is 0 Å². The van der Waals surface area contributed by atoms with Crippen molar-refractivity contribution in [1.29, 1.82) is 0 Å². The van der Waals surface area contributed by atoms with Gasteiger partial charge in [-0.05, 0) is 42.5 Å². The first-order valence-corrected chi connectivity index (χ1v) is 7.48. The zero-order chi connectivity index (χ0) is 17.8. The van der Waals surface area contributed by atoms with Crippen LogP contribution in [0.15, 0.2) is 60.3 Å². The van der Waals surface area contributed by atoms with E-state index in [-0.39, 0.29) is 6.61 Å². The van der Waals surface area contributed by atoms with Crippen molar-refractivity contribution in [2.24, 2.45) is 0 Å². The second kappa shape index (κ2) is 11.0. The van der Waals surface area contributed by atoms with Crippen molar-refractivity contribution >= 4 is 29.3 Å². The summed E-state index contributed by atoms with van der Waals surface area (Å²) in [6.45, 7) is 4.11. The average Bonchev–Trinajstić information content (AvgIpc) is 2.59. The largest absolute Gasteiger partial charge is 0.460 e. The highest BCUT2D eigenvalue weighted by Gasteiger charge is 2.08. The van der Waals surface area contributed by atoms with Gasteiger partial charge in [0.05, 0.1) is 12.2 Å². The van der Waals surface area contributed by atoms with Gasteiger partial charge in [0.1, 0.15) is 6.61 Å². The SMILES string of the molecule is C=C/C(=C\C=C\Cl)NC(=O)Nc1ccc(C(=O)OCCOC)cc1. The second-order valence-electron chi connectivity index (χ2n) is 4.43. The first-order valence-electron chi connectivity index (χ1n) is 7.04. The summed E-state index contributed by atoms with van der Waals surface area (Å²) < 4.78 is 9.80. The summed E-state index contributed by atoms with van der Waals surface area (Å²) in [6, 6.07) is 5.88. The Bertz CT molecular complexity index is 624. The first-order chi connectivity index (χ1) is 11.6. The molecule has 0 fully saturated rings. The van der Waals surface area contributed by atoms with E-state index in [1.807, 2.05) is 0 Å². The Balaban J connectivity index is 2.58. The van der Waals surface area contributed by atoms with Crippen molar-refractivity contribution in [2.75, 3.05) is 25.6 Å². The van der Waals surface area contributed by atoms with Crippen LogP contribution in [0.25, 0.3) is 0 Å². The number of anilines is 1. The molecule has 1 aromatic carbocycles. The molecule has 1 aromatic rings. The lowest BCUT2D eigenvalue weighted by atomic mass is 10.2. The van der Waals surface area contributed by atoms with Crippen LogP contribution in [-0.2, 0) is 9.47 Å². The minimum atomic E-state index is -0.451. The fraction of sp³-hybridized carbons (Fsp3) is 0.176. The Labute approximate surface area is 145 Å². The molecule has 0 atom stereocenters. The lowest BCUT2D eigenvalue weighted by molar-refractivity contribution is 0.0388. The fourth-order valence-electron chi connectivity index (χ4n) is 1.58. The summed E-state index contributed by atoms with van der Waals surface area (Å²) in [6.07, 6.45) is 4.64. The van der Waals surface area contributed by atoms with Crippen LogP contribution in [0, 0.1) is 0 Å². The molecular weight excluding hydrogens is 332 g/mol. The zero-order valence-corrected chi connectivity index (χ0v) is 14.0. The van der Waals surface area contributed by atoms with E-state index in [4.69, 9.17) is 21.1 Å². The second-order valence-corrected chi connectivity index (χ2v) is 4.68. The van der Waals surface area contributed by atoms with E-state index in [1.165, 1.54) is 18.7 Å². The number of ether oxygens (including phenoxy) is 2. The van der Waals surface area contributed by atoms with E-state index >= 15 is 0 Å². The number of hydrogen-bond acceptors (Lipinski definition) is 4. The van der Waals surface area contributed by atoms with Crippen LogP contribution < -0.4 is 10.6 Å². The van der Waals surface area contributed by atoms with Gasteiger partial charge in [0.2, 0.25) is 0 Å². The number of rotatable bonds is 8. The minimum absolute atomic E-state index is 0.186. The summed E-state index contributed by atoms with van der Waals surface area (Å²) in [4.78, 5) is 23.6. The maximum absolute atomic E-state index is 11.9. The predicted octanol–water partition coefficient (Wildman–Crippen LogP) is 3.43. The highest BCUT2D eigenvalue weighted by atomic mass is 35.5. The molecule has 0 saturated heterocycles. The van der Waals surface area contributed by atoms with E-state index in [2.05, 4.69) is 17.2 Å². The van der Waals surface area contributed by atoms with Gasteiger partial charge in [-0.1, -0.05) is 18.2 Å². The summed E-state index contributed by atoms with van der Waals surface area (Å²) in [5.41, 5.74) is 2.71. The third kappa shape index (κ3) is 7.13. The van der Waals surface area contributed by atoms with Crippen LogP contribution in [0.2, 0.25) is 0 Å². The smallest absolute Gasteiger partial charge is 0.338 e. The number of nitrogens with one attached hydrogen (secondary N) is 2. The van der Waals surface area contributed by atoms with Crippen molar-refractivity contribution in [2.45, 2.75) is 0 Å². The summed E-state index contributed by atoms with van der Waals surface area (Å²) in [7, 11) is 1.53. The number of carbonyl (C=O) groups excluding carboxylic acids is 2. The molecule has 1 rings (SSSR count). The maximum Gasteiger partial charge on any atom is 0.338 e. The predicted molar refractivity (Wildman–Crippen MR) is 94.0 cm³/mol. The lowest BCUT2D eigenvalue weighted by Gasteiger charge is -2.09. The van der Waals surface area contributed by atoms with Gasteiger partial charge in [-0.25, -0.2) is 9.59 Å². The third-order valence-corrected chi connectivity index (χ3v) is 2.87. The fourth-order valence-corrected chi connectivity index (χ4v) is 1.66. The van der Waals surface area contributed by atoms with Crippen molar-refractivity contribution < 1.29 is 19.1 Å². The number of urea groups is 1. The van der Waals surface area contributed by atoms with Gasteiger partial charge >= 0.3 is 12.0 Å². The number of hydrogen-bond donors (Lipinski definition) is 2. The molecule has 0 aliphatic rings. The normalized spacial score (nSPS) is 11.2. The number of benzene rings is 1. The quantitative estimate of drug-likeness (QED) is 0.428. The van der Waals surface area contributed by atoms with Gasteiger partial charge in [0.15, 0.2) is 0 Å². The average molecular weight is 351 g/mol. The molecule has 0 heterocycles. The van der Waals surface area contributed by atoms with E-state index in [1.54, 1.807) is 36.4 Å². The molecule has 0 bridgehead atoms. The van der Waals surface area contributed by atoms with E-state index in [9.17, 15) is 9.59 Å². The molecule has 0 aliphatic heterocycles. The number of methoxy groups -OCH3 is 1. The number of amides is 2. The van der Waals surface area contributed by atoms with Crippen LogP contribution >= 0.6 is 11.6 Å². The van der Waals surface area contributed by atoms with E-state index in [0.717, 1.165) is 0 Å². The Kier molecular flexibility index (Phi) is 8.96. The molecule has 2 amide bonds. The highest BCUT2D eigenvalue weighted by molar-refractivity contribution is 6.25. The van der Waals surface area contributed by atoms with Gasteiger partial charge in [-0.2, -0.15) is 0 Å². The standard InChI is InChI=1S/C17H19ClN2O4/c1-3-14(5-4-10-18)19-17(22)20-15-8-6-13(7-9-15)16(21)24-12-11-23-2/h3-10H,1,11-12H2,2H3,(H2,19,20,22)/b10-4+,14-5+. The molecule has 0 spiro atoms. The van der Waals surface area contributed by atoms with Crippen LogP contribution in [-0.4, -0.2) is 32.3 Å². The Morgan fingerprint density at radius 3 is 2.54 bits per heavy atom. The maximum atomic E-state index is 11.9. The number of esters is 1. The molecule has 0 aromatic heterocycles. The molecule has 128 valence electrons. The molecule has 2 N–H and O–H groups in total. The first kappa shape index (κ1) is 19.5. The highest BCUT2D eigenvalue weighted by Crippen LogP contribution is 2.10. The zero-order valence-electron chi connectivity index (χ0n) is 13.3. The number of allylic oxidation sites excluding steroid dienone is 3. The molecule has 0 radical (unpaired) electrons. The van der Waals surface area contributed by atoms with Crippen molar-refractivity contribution in [1.82, 2.24) is 5.32 Å². The number of halogens is 1. The van der Waals surface area contributed by atoms with Crippen molar-refractivity contribution in [3.63, 3.8) is 0 Å². The van der Waals surface area contributed by atoms with Gasteiger partial charge < -0.3 is 20.1 Å². The number of carbonyl (C=O) groups is 2. The Hall–Kier alpha value is -2.57. The van der Waals surface area contributed by atoms with Gasteiger partial charge in [-0.15, -0.1) is 0 Å². The summed E-state index contributed by atoms with van der Waals surface area (Å²) >= 11 is 5.42. The molecule has 0 aliphatic carbocycles. The molecule has 0 saturated carbocycles. The van der Waals surface area contributed by atoms with Crippen molar-refractivity contribution in [3.05, 3.63) is 65.9 Å². The lowest BCUT2D eigenvalue weighted by Crippen LogP contribution is -2.27. The third-order valence-electron chi connectivity index (χ3n) is 2.73. The van der Waals surface area contributed by atoms with Crippen LogP contribution in [0.4, 0.5) is 10.5 Å². The van der Waals surface area contributed by atoms with Gasteiger partial charge in [0, 0.05) is 24.0 Å². The Morgan fingerprint density at radius 2 is 1.96 bits per heavy atom. The molecule has 24 heavy (non-hydrogen) atoms. The van der Waals surface area contributed by atoms with Crippen molar-refractivity contribution in [3.8, 4) is 0 Å². The topological polar surface area (TPSA) is 76.7 Å².